The van der Waals surface area contributed by atoms with E-state index in [1.165, 1.54) is 4.40 Å². The van der Waals surface area contributed by atoms with E-state index in [4.69, 9.17) is 0 Å². The molecule has 1 aromatic carbocycles. The second-order valence-electron chi connectivity index (χ2n) is 9.88. The predicted molar refractivity (Wildman–Crippen MR) is 122 cm³/mol. The summed E-state index contributed by atoms with van der Waals surface area (Å²) in [6.07, 6.45) is 3.11. The average Bonchev–Trinajstić information content (AvgIpc) is 3.16. The first kappa shape index (κ1) is 22.1. The summed E-state index contributed by atoms with van der Waals surface area (Å²) in [4.78, 5) is 40.8. The van der Waals surface area contributed by atoms with Crippen molar-refractivity contribution in [3.63, 3.8) is 0 Å². The second kappa shape index (κ2) is 8.11. The van der Waals surface area contributed by atoms with Gasteiger partial charge in [-0.3, -0.25) is 14.2 Å². The molecule has 3 aromatic rings. The molecule has 1 fully saturated rings. The van der Waals surface area contributed by atoms with Crippen LogP contribution in [0.25, 0.3) is 16.8 Å². The van der Waals surface area contributed by atoms with E-state index in [0.29, 0.717) is 11.3 Å². The number of imidazole rings is 1. The lowest BCUT2D eigenvalue weighted by Crippen LogP contribution is -2.48. The van der Waals surface area contributed by atoms with Gasteiger partial charge in [-0.1, -0.05) is 12.1 Å². The molecule has 0 spiro atoms. The van der Waals surface area contributed by atoms with Crippen LogP contribution < -0.4 is 11.0 Å². The van der Waals surface area contributed by atoms with Gasteiger partial charge in [0.2, 0.25) is 17.6 Å². The van der Waals surface area contributed by atoms with Crippen LogP contribution in [0.2, 0.25) is 0 Å². The third-order valence-corrected chi connectivity index (χ3v) is 6.06. The predicted octanol–water partition coefficient (Wildman–Crippen LogP) is 2.15. The molecule has 3 heterocycles. The lowest BCUT2D eigenvalue weighted by Gasteiger charge is -2.39. The molecule has 2 amide bonds. The Kier molecular flexibility index (Phi) is 5.60. The highest BCUT2D eigenvalue weighted by Gasteiger charge is 2.30. The van der Waals surface area contributed by atoms with E-state index in [1.807, 2.05) is 49.9 Å². The van der Waals surface area contributed by atoms with Crippen molar-refractivity contribution < 1.29 is 9.59 Å². The minimum absolute atomic E-state index is 0.0143. The Bertz CT molecular complexity index is 1220. The number of likely N-dealkylation sites (tertiary alicyclic amines) is 1. The Hall–Kier alpha value is -3.10. The minimum Gasteiger partial charge on any atom is -0.350 e. The maximum atomic E-state index is 13.3. The fourth-order valence-electron chi connectivity index (χ4n) is 4.75. The number of benzene rings is 1. The van der Waals surface area contributed by atoms with Gasteiger partial charge in [0.25, 0.3) is 0 Å². The van der Waals surface area contributed by atoms with Crippen molar-refractivity contribution in [1.82, 2.24) is 29.0 Å². The van der Waals surface area contributed by atoms with Crippen molar-refractivity contribution in [2.24, 2.45) is 0 Å². The molecule has 9 heteroatoms. The molecule has 1 N–H and O–H groups in total. The van der Waals surface area contributed by atoms with Gasteiger partial charge in [0.05, 0.1) is 11.0 Å². The van der Waals surface area contributed by atoms with Crippen LogP contribution >= 0.6 is 0 Å². The van der Waals surface area contributed by atoms with E-state index in [0.717, 1.165) is 29.5 Å². The zero-order valence-corrected chi connectivity index (χ0v) is 19.5. The highest BCUT2D eigenvalue weighted by molar-refractivity contribution is 5.85. The standard InChI is InChI=1S/C23H32N6O3/c1-15-9-8-10-16(2)28(15)20(31)14-26-17-11-6-7-12-18(17)29-21(26)25-27(22(29)32)13-19(30)24-23(3,4)5/h6-7,11-12,15-16H,8-10,13-14H2,1-5H3,(H,24,30). The smallest absolute Gasteiger partial charge is 0.350 e. The highest BCUT2D eigenvalue weighted by atomic mass is 16.2. The first-order valence-electron chi connectivity index (χ1n) is 11.3. The quantitative estimate of drug-likeness (QED) is 0.673. The molecule has 1 aliphatic rings. The number of piperidine rings is 1. The number of nitrogens with one attached hydrogen (secondary N) is 1. The van der Waals surface area contributed by atoms with Crippen LogP contribution in [0.3, 0.4) is 0 Å². The van der Waals surface area contributed by atoms with E-state index < -0.39 is 11.2 Å². The molecule has 0 radical (unpaired) electrons. The fraction of sp³-hybridized carbons (Fsp3) is 0.565. The molecule has 9 nitrogen and oxygen atoms in total. The van der Waals surface area contributed by atoms with Gasteiger partial charge in [0, 0.05) is 17.6 Å². The molecule has 0 bridgehead atoms. The Morgan fingerprint density at radius 3 is 2.31 bits per heavy atom. The van der Waals surface area contributed by atoms with E-state index >= 15 is 0 Å². The van der Waals surface area contributed by atoms with Gasteiger partial charge < -0.3 is 10.2 Å². The second-order valence-corrected chi connectivity index (χ2v) is 9.88. The molecular formula is C23H32N6O3. The number of hydrogen-bond acceptors (Lipinski definition) is 4. The number of amides is 2. The zero-order chi connectivity index (χ0) is 23.2. The summed E-state index contributed by atoms with van der Waals surface area (Å²) < 4.78 is 4.43. The SMILES string of the molecule is CC1CCCC(C)N1C(=O)Cn1c2ccccc2n2c(=O)n(CC(=O)NC(C)(C)C)nc12. The Morgan fingerprint density at radius 1 is 1.06 bits per heavy atom. The number of para-hydroxylation sites is 2. The maximum absolute atomic E-state index is 13.3. The summed E-state index contributed by atoms with van der Waals surface area (Å²) in [5.41, 5.74) is 0.633. The highest BCUT2D eigenvalue weighted by Crippen LogP contribution is 2.24. The third-order valence-electron chi connectivity index (χ3n) is 6.06. The number of carbonyl (C=O) groups excluding carboxylic acids is 2. The summed E-state index contributed by atoms with van der Waals surface area (Å²) in [6.45, 7) is 9.73. The van der Waals surface area contributed by atoms with Crippen molar-refractivity contribution in [1.29, 1.82) is 0 Å². The largest absolute Gasteiger partial charge is 0.352 e. The van der Waals surface area contributed by atoms with Crippen molar-refractivity contribution >= 4 is 28.6 Å². The van der Waals surface area contributed by atoms with Crippen molar-refractivity contribution in [2.75, 3.05) is 0 Å². The monoisotopic (exact) mass is 440 g/mol. The van der Waals surface area contributed by atoms with Gasteiger partial charge in [-0.2, -0.15) is 0 Å². The number of carbonyl (C=O) groups is 2. The summed E-state index contributed by atoms with van der Waals surface area (Å²) in [5.74, 6) is 0.0918. The number of hydrogen-bond donors (Lipinski definition) is 1. The van der Waals surface area contributed by atoms with E-state index in [2.05, 4.69) is 24.3 Å². The van der Waals surface area contributed by atoms with Gasteiger partial charge in [-0.05, 0) is 66.0 Å². The van der Waals surface area contributed by atoms with Gasteiger partial charge in [-0.25, -0.2) is 13.9 Å². The molecule has 32 heavy (non-hydrogen) atoms. The van der Waals surface area contributed by atoms with Crippen LogP contribution in [0.5, 0.6) is 0 Å². The number of nitrogens with zero attached hydrogens (tertiary/aromatic N) is 5. The van der Waals surface area contributed by atoms with Crippen molar-refractivity contribution in [3.8, 4) is 0 Å². The molecule has 2 aromatic heterocycles. The van der Waals surface area contributed by atoms with Gasteiger partial charge in [0.1, 0.15) is 13.1 Å². The third kappa shape index (κ3) is 4.03. The number of aromatic nitrogens is 4. The first-order chi connectivity index (χ1) is 15.1. The first-order valence-corrected chi connectivity index (χ1v) is 11.3. The number of rotatable bonds is 4. The fourth-order valence-corrected chi connectivity index (χ4v) is 4.75. The molecule has 1 saturated heterocycles. The molecule has 4 rings (SSSR count). The molecule has 1 aliphatic heterocycles. The molecule has 2 atom stereocenters. The van der Waals surface area contributed by atoms with Crippen molar-refractivity contribution in [2.45, 2.75) is 84.6 Å². The molecule has 0 aliphatic carbocycles. The van der Waals surface area contributed by atoms with E-state index in [9.17, 15) is 14.4 Å². The maximum Gasteiger partial charge on any atom is 0.352 e. The van der Waals surface area contributed by atoms with Gasteiger partial charge in [0.15, 0.2) is 0 Å². The van der Waals surface area contributed by atoms with Gasteiger partial charge >= 0.3 is 5.69 Å². The molecule has 0 saturated carbocycles. The molecule has 2 unspecified atom stereocenters. The van der Waals surface area contributed by atoms with Crippen LogP contribution in [-0.4, -0.2) is 53.1 Å². The van der Waals surface area contributed by atoms with Crippen molar-refractivity contribution in [3.05, 3.63) is 34.7 Å². The summed E-state index contributed by atoms with van der Waals surface area (Å²) in [7, 11) is 0. The summed E-state index contributed by atoms with van der Waals surface area (Å²) in [5, 5.41) is 7.31. The minimum atomic E-state index is -0.407. The van der Waals surface area contributed by atoms with Crippen LogP contribution in [0, 0.1) is 0 Å². The lowest BCUT2D eigenvalue weighted by molar-refractivity contribution is -0.137. The Balaban J connectivity index is 1.74. The van der Waals surface area contributed by atoms with Gasteiger partial charge in [-0.15, -0.1) is 5.10 Å². The number of fused-ring (bicyclic) bond motifs is 3. The topological polar surface area (TPSA) is 93.6 Å². The summed E-state index contributed by atoms with van der Waals surface area (Å²) >= 11 is 0. The Morgan fingerprint density at radius 2 is 1.69 bits per heavy atom. The van der Waals surface area contributed by atoms with Crippen LogP contribution in [0.4, 0.5) is 0 Å². The normalized spacial score (nSPS) is 19.6. The van der Waals surface area contributed by atoms with E-state index in [-0.39, 0.29) is 37.0 Å². The molecular weight excluding hydrogens is 408 g/mol. The van der Waals surface area contributed by atoms with Crippen LogP contribution in [0.15, 0.2) is 29.1 Å². The average molecular weight is 441 g/mol. The van der Waals surface area contributed by atoms with E-state index in [1.54, 1.807) is 4.57 Å². The van der Waals surface area contributed by atoms with Crippen LogP contribution in [-0.2, 0) is 22.7 Å². The zero-order valence-electron chi connectivity index (χ0n) is 19.5. The van der Waals surface area contributed by atoms with Crippen LogP contribution in [0.1, 0.15) is 53.9 Å². The Labute approximate surface area is 187 Å². The summed E-state index contributed by atoms with van der Waals surface area (Å²) in [6, 6.07) is 7.81. The molecule has 172 valence electrons. The lowest BCUT2D eigenvalue weighted by atomic mass is 9.97.